The molecule has 0 amide bonds. The molecule has 3 aromatic carbocycles. The van der Waals surface area contributed by atoms with E-state index >= 15 is 0 Å². The minimum atomic E-state index is -1.05. The molecule has 4 rings (SSSR count). The van der Waals surface area contributed by atoms with Crippen LogP contribution in [0.1, 0.15) is 32.0 Å². The molecule has 0 unspecified atom stereocenters. The van der Waals surface area contributed by atoms with Crippen LogP contribution in [0.2, 0.25) is 0 Å². The van der Waals surface area contributed by atoms with Crippen molar-refractivity contribution in [2.75, 3.05) is 0 Å². The number of benzene rings is 3. The van der Waals surface area contributed by atoms with Crippen LogP contribution >= 0.6 is 0 Å². The molecule has 6 heteroatoms. The van der Waals surface area contributed by atoms with Crippen molar-refractivity contribution in [1.29, 1.82) is 0 Å². The molecular weight excluding hydrogens is 418 g/mol. The van der Waals surface area contributed by atoms with E-state index in [4.69, 9.17) is 4.74 Å². The molecule has 0 aliphatic carbocycles. The van der Waals surface area contributed by atoms with Crippen molar-refractivity contribution in [1.82, 2.24) is 4.98 Å². The Labute approximate surface area is 190 Å². The molecule has 164 valence electrons. The summed E-state index contributed by atoms with van der Waals surface area (Å²) in [6.07, 6.45) is 1.69. The van der Waals surface area contributed by atoms with Crippen molar-refractivity contribution in [3.05, 3.63) is 107 Å². The minimum absolute atomic E-state index is 0.146. The molecule has 0 fully saturated rings. The number of pyridine rings is 1. The van der Waals surface area contributed by atoms with Crippen LogP contribution in [0.4, 0.5) is 0 Å². The number of aromatic carboxylic acids is 2. The van der Waals surface area contributed by atoms with Crippen LogP contribution in [0.5, 0.6) is 5.75 Å². The van der Waals surface area contributed by atoms with Crippen molar-refractivity contribution >= 4 is 11.9 Å². The maximum absolute atomic E-state index is 11.8. The van der Waals surface area contributed by atoms with Crippen LogP contribution in [-0.2, 0) is 6.61 Å². The summed E-state index contributed by atoms with van der Waals surface area (Å²) in [6, 6.07) is 22.5. The monoisotopic (exact) mass is 439 g/mol. The second kappa shape index (κ2) is 9.36. The molecule has 1 heterocycles. The van der Waals surface area contributed by atoms with Gasteiger partial charge in [-0.1, -0.05) is 42.5 Å². The predicted molar refractivity (Wildman–Crippen MR) is 125 cm³/mol. The molecule has 4 aromatic rings. The fraction of sp³-hybridized carbons (Fsp3) is 0.0741. The molecule has 0 spiro atoms. The molecule has 1 aromatic heterocycles. The third-order valence-corrected chi connectivity index (χ3v) is 5.34. The van der Waals surface area contributed by atoms with Gasteiger partial charge in [0, 0.05) is 6.20 Å². The number of carboxylic acids is 2. The second-order valence-electron chi connectivity index (χ2n) is 7.50. The van der Waals surface area contributed by atoms with Gasteiger partial charge in [0.2, 0.25) is 0 Å². The van der Waals surface area contributed by atoms with Gasteiger partial charge in [0.1, 0.15) is 12.4 Å². The Morgan fingerprint density at radius 1 is 0.788 bits per heavy atom. The van der Waals surface area contributed by atoms with Gasteiger partial charge in [-0.2, -0.15) is 0 Å². The third kappa shape index (κ3) is 4.75. The Kier molecular flexibility index (Phi) is 6.17. The highest BCUT2D eigenvalue weighted by atomic mass is 16.5. The zero-order chi connectivity index (χ0) is 23.4. The Balaban J connectivity index is 1.85. The minimum Gasteiger partial charge on any atom is -0.487 e. The standard InChI is InChI=1S/C27H21NO5/c1-17-7-6-12-28-25(17)16-33-20-14-18(21-8-2-4-10-23(21)26(29)30)13-19(15-20)22-9-3-5-11-24(22)27(31)32/h2-15H,16H2,1H3,(H,29,30)(H,31,32). The maximum Gasteiger partial charge on any atom is 0.336 e. The molecule has 0 aliphatic heterocycles. The van der Waals surface area contributed by atoms with Gasteiger partial charge in [0.25, 0.3) is 0 Å². The third-order valence-electron chi connectivity index (χ3n) is 5.34. The first-order valence-corrected chi connectivity index (χ1v) is 10.3. The lowest BCUT2D eigenvalue weighted by atomic mass is 9.93. The lowest BCUT2D eigenvalue weighted by molar-refractivity contribution is 0.0687. The Morgan fingerprint density at radius 3 is 1.85 bits per heavy atom. The van der Waals surface area contributed by atoms with E-state index in [0.29, 0.717) is 28.0 Å². The molecule has 0 saturated heterocycles. The first-order valence-electron chi connectivity index (χ1n) is 10.3. The normalized spacial score (nSPS) is 10.6. The van der Waals surface area contributed by atoms with Gasteiger partial charge >= 0.3 is 11.9 Å². The summed E-state index contributed by atoms with van der Waals surface area (Å²) in [7, 11) is 0. The number of rotatable bonds is 7. The molecule has 6 nitrogen and oxygen atoms in total. The lowest BCUT2D eigenvalue weighted by Gasteiger charge is -2.15. The summed E-state index contributed by atoms with van der Waals surface area (Å²) in [5.74, 6) is -1.62. The number of ether oxygens (including phenoxy) is 1. The Bertz CT molecular complexity index is 1270. The maximum atomic E-state index is 11.8. The number of hydrogen-bond donors (Lipinski definition) is 2. The topological polar surface area (TPSA) is 96.7 Å². The molecule has 2 N–H and O–H groups in total. The molecule has 0 atom stereocenters. The second-order valence-corrected chi connectivity index (χ2v) is 7.50. The van der Waals surface area contributed by atoms with Crippen LogP contribution < -0.4 is 4.74 Å². The van der Waals surface area contributed by atoms with E-state index in [1.165, 1.54) is 12.1 Å². The molecule has 0 aliphatic rings. The van der Waals surface area contributed by atoms with Crippen molar-refractivity contribution in [3.63, 3.8) is 0 Å². The summed E-state index contributed by atoms with van der Waals surface area (Å²) < 4.78 is 6.04. The molecule has 33 heavy (non-hydrogen) atoms. The zero-order valence-electron chi connectivity index (χ0n) is 17.9. The first-order chi connectivity index (χ1) is 15.9. The molecule has 0 radical (unpaired) electrons. The number of carboxylic acid groups (broad SMARTS) is 2. The highest BCUT2D eigenvalue weighted by Crippen LogP contribution is 2.35. The highest BCUT2D eigenvalue weighted by Gasteiger charge is 2.16. The number of carbonyl (C=O) groups is 2. The average Bonchev–Trinajstić information content (AvgIpc) is 2.83. The number of aromatic nitrogens is 1. The number of nitrogens with zero attached hydrogens (tertiary/aromatic N) is 1. The van der Waals surface area contributed by atoms with Gasteiger partial charge in [-0.05, 0) is 71.1 Å². The first kappa shape index (κ1) is 21.8. The quantitative estimate of drug-likeness (QED) is 0.383. The van der Waals surface area contributed by atoms with Crippen LogP contribution in [0.3, 0.4) is 0 Å². The summed E-state index contributed by atoms with van der Waals surface area (Å²) in [5.41, 5.74) is 4.30. The summed E-state index contributed by atoms with van der Waals surface area (Å²) >= 11 is 0. The van der Waals surface area contributed by atoms with Gasteiger partial charge in [0.15, 0.2) is 0 Å². The molecule has 0 bridgehead atoms. The van der Waals surface area contributed by atoms with E-state index in [-0.39, 0.29) is 17.7 Å². The van der Waals surface area contributed by atoms with Gasteiger partial charge in [-0.25, -0.2) is 9.59 Å². The van der Waals surface area contributed by atoms with E-state index in [1.807, 2.05) is 19.1 Å². The van der Waals surface area contributed by atoms with Gasteiger partial charge in [-0.3, -0.25) is 4.98 Å². The van der Waals surface area contributed by atoms with Crippen LogP contribution in [-0.4, -0.2) is 27.1 Å². The molecular formula is C27H21NO5. The number of aryl methyl sites for hydroxylation is 1. The lowest BCUT2D eigenvalue weighted by Crippen LogP contribution is -2.03. The largest absolute Gasteiger partial charge is 0.487 e. The average molecular weight is 439 g/mol. The predicted octanol–water partition coefficient (Wildman–Crippen LogP) is 5.70. The summed E-state index contributed by atoms with van der Waals surface area (Å²) in [6.45, 7) is 2.16. The van der Waals surface area contributed by atoms with E-state index < -0.39 is 11.9 Å². The van der Waals surface area contributed by atoms with Crippen molar-refractivity contribution in [2.24, 2.45) is 0 Å². The fourth-order valence-electron chi connectivity index (χ4n) is 3.66. The zero-order valence-corrected chi connectivity index (χ0v) is 17.9. The SMILES string of the molecule is Cc1cccnc1COc1cc(-c2ccccc2C(=O)O)cc(-c2ccccc2C(=O)O)c1. The van der Waals surface area contributed by atoms with E-state index in [0.717, 1.165) is 11.3 Å². The van der Waals surface area contributed by atoms with Crippen molar-refractivity contribution < 1.29 is 24.5 Å². The van der Waals surface area contributed by atoms with Crippen molar-refractivity contribution in [2.45, 2.75) is 13.5 Å². The van der Waals surface area contributed by atoms with Gasteiger partial charge in [0.05, 0.1) is 16.8 Å². The van der Waals surface area contributed by atoms with Gasteiger partial charge in [-0.15, -0.1) is 0 Å². The van der Waals surface area contributed by atoms with E-state index in [1.54, 1.807) is 60.8 Å². The van der Waals surface area contributed by atoms with E-state index in [9.17, 15) is 19.8 Å². The van der Waals surface area contributed by atoms with E-state index in [2.05, 4.69) is 4.98 Å². The molecule has 0 saturated carbocycles. The van der Waals surface area contributed by atoms with Crippen molar-refractivity contribution in [3.8, 4) is 28.0 Å². The van der Waals surface area contributed by atoms with Crippen LogP contribution in [0.15, 0.2) is 85.1 Å². The highest BCUT2D eigenvalue weighted by molar-refractivity contribution is 5.98. The van der Waals surface area contributed by atoms with Crippen LogP contribution in [0, 0.1) is 6.92 Å². The van der Waals surface area contributed by atoms with Gasteiger partial charge < -0.3 is 14.9 Å². The smallest absolute Gasteiger partial charge is 0.336 e. The summed E-state index contributed by atoms with van der Waals surface area (Å²) in [4.78, 5) is 28.0. The Hall–Kier alpha value is -4.45. The van der Waals surface area contributed by atoms with Crippen LogP contribution in [0.25, 0.3) is 22.3 Å². The summed E-state index contributed by atoms with van der Waals surface area (Å²) in [5, 5.41) is 19.3. The Morgan fingerprint density at radius 2 is 1.33 bits per heavy atom. The fourth-order valence-corrected chi connectivity index (χ4v) is 3.66. The number of hydrogen-bond acceptors (Lipinski definition) is 4.